The average molecular weight is 458 g/mol. The van der Waals surface area contributed by atoms with Crippen LogP contribution in [0, 0.1) is 18.8 Å². The molecule has 0 amide bonds. The number of hydrogen-bond acceptors (Lipinski definition) is 7. The highest BCUT2D eigenvalue weighted by Crippen LogP contribution is 2.35. The van der Waals surface area contributed by atoms with Crippen LogP contribution in [-0.2, 0) is 6.42 Å². The zero-order valence-electron chi connectivity index (χ0n) is 19.0. The number of nitrogens with zero attached hydrogens (tertiary/aromatic N) is 3. The van der Waals surface area contributed by atoms with E-state index in [-0.39, 0.29) is 6.04 Å². The predicted octanol–water partition coefficient (Wildman–Crippen LogP) is 4.17. The number of aliphatic hydroxyl groups is 1. The smallest absolute Gasteiger partial charge is 0.162 e. The molecular formula is C26H27N5OS. The summed E-state index contributed by atoms with van der Waals surface area (Å²) in [5.74, 6) is 7.38. The summed E-state index contributed by atoms with van der Waals surface area (Å²) in [5, 5.41) is 13.5. The minimum Gasteiger partial charge on any atom is -0.378 e. The second kappa shape index (κ2) is 9.67. The topological polar surface area (TPSA) is 97.0 Å². The van der Waals surface area contributed by atoms with Gasteiger partial charge in [-0.3, -0.25) is 4.98 Å². The first kappa shape index (κ1) is 22.9. The van der Waals surface area contributed by atoms with E-state index in [1.807, 2.05) is 37.3 Å². The third-order valence-electron chi connectivity index (χ3n) is 5.01. The van der Waals surface area contributed by atoms with Crippen LogP contribution >= 0.6 is 11.3 Å². The molecule has 0 aliphatic heterocycles. The normalized spacial score (nSPS) is 12.3. The molecule has 0 bridgehead atoms. The predicted molar refractivity (Wildman–Crippen MR) is 135 cm³/mol. The zero-order chi connectivity index (χ0) is 23.4. The summed E-state index contributed by atoms with van der Waals surface area (Å²) < 4.78 is 0.928. The highest BCUT2D eigenvalue weighted by Gasteiger charge is 2.18. The molecule has 0 spiro atoms. The number of aromatic nitrogens is 3. The molecule has 0 saturated heterocycles. The van der Waals surface area contributed by atoms with E-state index >= 15 is 0 Å². The number of aryl methyl sites for hydroxylation is 1. The van der Waals surface area contributed by atoms with Crippen LogP contribution in [0.3, 0.4) is 0 Å². The fourth-order valence-corrected chi connectivity index (χ4v) is 4.43. The van der Waals surface area contributed by atoms with Gasteiger partial charge in [0.05, 0.1) is 10.3 Å². The molecule has 0 aliphatic carbocycles. The lowest BCUT2D eigenvalue weighted by molar-refractivity contribution is 0.143. The van der Waals surface area contributed by atoms with Crippen LogP contribution in [0.1, 0.15) is 29.9 Å². The Morgan fingerprint density at radius 1 is 1.12 bits per heavy atom. The summed E-state index contributed by atoms with van der Waals surface area (Å²) in [6.07, 6.45) is 4.21. The number of pyridine rings is 1. The number of thiophene rings is 1. The number of benzene rings is 1. The Hall–Kier alpha value is -3.31. The average Bonchev–Trinajstić information content (AvgIpc) is 3.12. The maximum atomic E-state index is 10.1. The van der Waals surface area contributed by atoms with Gasteiger partial charge in [0.15, 0.2) is 5.82 Å². The quantitative estimate of drug-likeness (QED) is 0.376. The van der Waals surface area contributed by atoms with E-state index in [0.29, 0.717) is 12.4 Å². The first-order valence-electron chi connectivity index (χ1n) is 10.8. The van der Waals surface area contributed by atoms with E-state index in [9.17, 15) is 5.11 Å². The van der Waals surface area contributed by atoms with Crippen LogP contribution in [0.25, 0.3) is 21.6 Å². The van der Waals surface area contributed by atoms with Crippen molar-refractivity contribution in [1.29, 1.82) is 0 Å². The highest BCUT2D eigenvalue weighted by molar-refractivity contribution is 7.19. The van der Waals surface area contributed by atoms with Gasteiger partial charge < -0.3 is 16.2 Å². The number of hydrogen-bond donors (Lipinski definition) is 3. The monoisotopic (exact) mass is 457 g/mol. The van der Waals surface area contributed by atoms with Gasteiger partial charge in [-0.25, -0.2) is 9.97 Å². The summed E-state index contributed by atoms with van der Waals surface area (Å²) in [4.78, 5) is 14.8. The first-order valence-corrected chi connectivity index (χ1v) is 11.6. The summed E-state index contributed by atoms with van der Waals surface area (Å²) >= 11 is 1.59. The molecule has 0 saturated carbocycles. The SMILES string of the molecule is Cc1sc2c(NC[C@H](N)Cc3ccccc3)nc(-c3ccncc3)nc2c1C#CC(C)(C)O. The van der Waals surface area contributed by atoms with E-state index in [2.05, 4.69) is 34.3 Å². The van der Waals surface area contributed by atoms with Crippen molar-refractivity contribution in [1.82, 2.24) is 15.0 Å². The minimum absolute atomic E-state index is 0.0719. The molecule has 4 N–H and O–H groups in total. The van der Waals surface area contributed by atoms with E-state index in [1.165, 1.54) is 5.56 Å². The fourth-order valence-electron chi connectivity index (χ4n) is 3.42. The third kappa shape index (κ3) is 5.74. The van der Waals surface area contributed by atoms with Crippen LogP contribution in [0.2, 0.25) is 0 Å². The molecule has 4 rings (SSSR count). The molecule has 33 heavy (non-hydrogen) atoms. The molecule has 1 aromatic carbocycles. The Morgan fingerprint density at radius 2 is 1.85 bits per heavy atom. The van der Waals surface area contributed by atoms with Gasteiger partial charge in [0.1, 0.15) is 16.9 Å². The standard InChI is InChI=1S/C26H27N5OS/c1-17-21(9-12-26(2,3)32)22-23(33-17)25(31-24(30-22)19-10-13-28-14-11-19)29-16-20(27)15-18-7-5-4-6-8-18/h4-8,10-11,13-14,20,32H,15-16,27H2,1-3H3,(H,29,30,31)/t20-/m1/s1. The lowest BCUT2D eigenvalue weighted by Crippen LogP contribution is -2.31. The Kier molecular flexibility index (Phi) is 6.70. The highest BCUT2D eigenvalue weighted by atomic mass is 32.1. The van der Waals surface area contributed by atoms with Crippen molar-refractivity contribution in [2.75, 3.05) is 11.9 Å². The first-order chi connectivity index (χ1) is 15.8. The van der Waals surface area contributed by atoms with Gasteiger partial charge in [-0.2, -0.15) is 0 Å². The Bertz CT molecular complexity index is 1300. The van der Waals surface area contributed by atoms with Gasteiger partial charge in [-0.15, -0.1) is 11.3 Å². The third-order valence-corrected chi connectivity index (χ3v) is 6.12. The maximum absolute atomic E-state index is 10.1. The number of anilines is 1. The maximum Gasteiger partial charge on any atom is 0.162 e. The number of nitrogens with two attached hydrogens (primary N) is 1. The van der Waals surface area contributed by atoms with Crippen LogP contribution < -0.4 is 11.1 Å². The van der Waals surface area contributed by atoms with Gasteiger partial charge >= 0.3 is 0 Å². The molecule has 3 heterocycles. The van der Waals surface area contributed by atoms with Gasteiger partial charge in [0, 0.05) is 35.4 Å². The molecule has 6 nitrogen and oxygen atoms in total. The summed E-state index contributed by atoms with van der Waals surface area (Å²) in [6, 6.07) is 13.9. The second-order valence-electron chi connectivity index (χ2n) is 8.48. The zero-order valence-corrected chi connectivity index (χ0v) is 19.8. The van der Waals surface area contributed by atoms with Crippen molar-refractivity contribution in [3.8, 4) is 23.2 Å². The van der Waals surface area contributed by atoms with Gasteiger partial charge in [0.2, 0.25) is 0 Å². The summed E-state index contributed by atoms with van der Waals surface area (Å²) in [5.41, 5.74) is 8.98. The van der Waals surface area contributed by atoms with Crippen molar-refractivity contribution < 1.29 is 5.11 Å². The molecule has 7 heteroatoms. The molecule has 3 aromatic heterocycles. The molecular weight excluding hydrogens is 430 g/mol. The van der Waals surface area contributed by atoms with Crippen LogP contribution in [0.15, 0.2) is 54.9 Å². The summed E-state index contributed by atoms with van der Waals surface area (Å²) in [7, 11) is 0. The van der Waals surface area contributed by atoms with E-state index in [4.69, 9.17) is 15.7 Å². The molecule has 0 unspecified atom stereocenters. The van der Waals surface area contributed by atoms with Gasteiger partial charge in [0.25, 0.3) is 0 Å². The van der Waals surface area contributed by atoms with Crippen LogP contribution in [0.5, 0.6) is 0 Å². The molecule has 0 aliphatic rings. The van der Waals surface area contributed by atoms with E-state index < -0.39 is 5.60 Å². The number of nitrogens with one attached hydrogen (secondary N) is 1. The number of fused-ring (bicyclic) bond motifs is 1. The summed E-state index contributed by atoms with van der Waals surface area (Å²) in [6.45, 7) is 5.92. The lowest BCUT2D eigenvalue weighted by atomic mass is 10.1. The largest absolute Gasteiger partial charge is 0.378 e. The van der Waals surface area contributed by atoms with Crippen molar-refractivity contribution in [2.24, 2.45) is 5.73 Å². The number of rotatable bonds is 6. The van der Waals surface area contributed by atoms with Crippen LogP contribution in [0.4, 0.5) is 5.82 Å². The van der Waals surface area contributed by atoms with Crippen molar-refractivity contribution in [2.45, 2.75) is 38.8 Å². The van der Waals surface area contributed by atoms with E-state index in [0.717, 1.165) is 38.5 Å². The molecule has 1 atom stereocenters. The Balaban J connectivity index is 1.71. The fraction of sp³-hybridized carbons (Fsp3) is 0.269. The van der Waals surface area contributed by atoms with Gasteiger partial charge in [-0.1, -0.05) is 42.2 Å². The van der Waals surface area contributed by atoms with Gasteiger partial charge in [-0.05, 0) is 44.9 Å². The van der Waals surface area contributed by atoms with Crippen LogP contribution in [-0.4, -0.2) is 38.2 Å². The van der Waals surface area contributed by atoms with E-state index in [1.54, 1.807) is 37.6 Å². The Morgan fingerprint density at radius 3 is 2.55 bits per heavy atom. The molecule has 4 aromatic rings. The molecule has 0 fully saturated rings. The van der Waals surface area contributed by atoms with Crippen molar-refractivity contribution in [3.63, 3.8) is 0 Å². The molecule has 0 radical (unpaired) electrons. The second-order valence-corrected chi connectivity index (χ2v) is 9.71. The lowest BCUT2D eigenvalue weighted by Gasteiger charge is -2.14. The Labute approximate surface area is 197 Å². The minimum atomic E-state index is -1.09. The molecule has 168 valence electrons. The van der Waals surface area contributed by atoms with Crippen molar-refractivity contribution in [3.05, 3.63) is 70.9 Å². The van der Waals surface area contributed by atoms with Crippen molar-refractivity contribution >= 4 is 27.4 Å².